The first-order chi connectivity index (χ1) is 11.2. The lowest BCUT2D eigenvalue weighted by atomic mass is 9.62. The fourth-order valence-electron chi connectivity index (χ4n) is 4.88. The van der Waals surface area contributed by atoms with Crippen LogP contribution in [0.1, 0.15) is 66.7 Å². The molecule has 0 N–H and O–H groups in total. The van der Waals surface area contributed by atoms with Gasteiger partial charge in [-0.05, 0) is 56.8 Å². The van der Waals surface area contributed by atoms with E-state index in [1.807, 2.05) is 0 Å². The van der Waals surface area contributed by atoms with Crippen molar-refractivity contribution in [3.05, 3.63) is 12.2 Å². The van der Waals surface area contributed by atoms with Gasteiger partial charge in [0.2, 0.25) is 0 Å². The zero-order valence-electron chi connectivity index (χ0n) is 16.4. The van der Waals surface area contributed by atoms with Gasteiger partial charge in [0.1, 0.15) is 12.6 Å². The number of rotatable bonds is 7. The molecule has 2 rings (SSSR count). The highest BCUT2D eigenvalue weighted by atomic mass is 16.7. The van der Waals surface area contributed by atoms with Crippen molar-refractivity contribution >= 4 is 5.78 Å². The first kappa shape index (κ1) is 19.7. The van der Waals surface area contributed by atoms with Gasteiger partial charge in [-0.25, -0.2) is 0 Å². The van der Waals surface area contributed by atoms with Crippen molar-refractivity contribution in [2.24, 2.45) is 29.1 Å². The second kappa shape index (κ2) is 7.70. The van der Waals surface area contributed by atoms with E-state index in [0.29, 0.717) is 36.2 Å². The van der Waals surface area contributed by atoms with Crippen molar-refractivity contribution in [3.8, 4) is 0 Å². The molecule has 2 saturated carbocycles. The number of allylic oxidation sites excluding steroid dienone is 1. The van der Waals surface area contributed by atoms with Gasteiger partial charge in [-0.1, -0.05) is 32.9 Å². The van der Waals surface area contributed by atoms with E-state index in [4.69, 9.17) is 9.47 Å². The second-order valence-electron chi connectivity index (χ2n) is 8.75. The Kier molecular flexibility index (Phi) is 6.30. The molecule has 0 aromatic rings. The summed E-state index contributed by atoms with van der Waals surface area (Å²) in [5.41, 5.74) is -0.0282. The maximum atomic E-state index is 12.3. The lowest BCUT2D eigenvalue weighted by Gasteiger charge is -2.41. The predicted molar refractivity (Wildman–Crippen MR) is 97.7 cm³/mol. The maximum Gasteiger partial charge on any atom is 0.147 e. The highest BCUT2D eigenvalue weighted by molar-refractivity contribution is 5.83. The topological polar surface area (TPSA) is 35.5 Å². The number of carbonyl (C=O) groups excluding carboxylic acids is 1. The van der Waals surface area contributed by atoms with Crippen LogP contribution in [0.4, 0.5) is 0 Å². The van der Waals surface area contributed by atoms with Gasteiger partial charge in [-0.3, -0.25) is 4.79 Å². The Labute approximate surface area is 148 Å². The predicted octanol–water partition coefficient (Wildman–Crippen LogP) is 5.00. The fraction of sp³-hybridized carbons (Fsp3) is 0.857. The van der Waals surface area contributed by atoms with Crippen LogP contribution in [0.5, 0.6) is 0 Å². The number of hydrogen-bond donors (Lipinski definition) is 0. The number of ketones is 1. The molecule has 0 spiro atoms. The van der Waals surface area contributed by atoms with Crippen LogP contribution in [0.15, 0.2) is 12.2 Å². The van der Waals surface area contributed by atoms with E-state index in [-0.39, 0.29) is 11.0 Å². The zero-order chi connectivity index (χ0) is 18.0. The minimum Gasteiger partial charge on any atom is -0.359 e. The van der Waals surface area contributed by atoms with Crippen molar-refractivity contribution in [1.82, 2.24) is 0 Å². The summed E-state index contributed by atoms with van der Waals surface area (Å²) in [5.74, 6) is 2.27. The molecule has 2 fully saturated rings. The van der Waals surface area contributed by atoms with E-state index < -0.39 is 0 Å². The summed E-state index contributed by atoms with van der Waals surface area (Å²) in [6, 6.07) is 0. The summed E-state index contributed by atoms with van der Waals surface area (Å²) in [7, 11) is 1.65. The van der Waals surface area contributed by atoms with Crippen molar-refractivity contribution in [3.63, 3.8) is 0 Å². The third-order valence-corrected chi connectivity index (χ3v) is 6.92. The monoisotopic (exact) mass is 336 g/mol. The Hall–Kier alpha value is -0.670. The number of hydrogen-bond acceptors (Lipinski definition) is 3. The number of ether oxygens (including phenoxy) is 2. The van der Waals surface area contributed by atoms with Crippen molar-refractivity contribution < 1.29 is 14.3 Å². The van der Waals surface area contributed by atoms with Gasteiger partial charge in [-0.2, -0.15) is 0 Å². The number of Topliss-reactive ketones (excluding diaryl/α,β-unsaturated/α-hetero) is 1. The van der Waals surface area contributed by atoms with Crippen LogP contribution in [0, 0.1) is 29.1 Å². The van der Waals surface area contributed by atoms with Crippen molar-refractivity contribution in [1.29, 1.82) is 0 Å². The summed E-state index contributed by atoms with van der Waals surface area (Å²) in [6.07, 6.45) is 10.0. The Bertz CT molecular complexity index is 468. The lowest BCUT2D eigenvalue weighted by Crippen LogP contribution is -2.39. The molecular formula is C21H36O3. The number of fused-ring (bicyclic) bond motifs is 1. The smallest absolute Gasteiger partial charge is 0.147 e. The molecule has 3 heteroatoms. The standard InChI is InChI=1S/C21H36O3/c1-15(9-10-16(2)20(3,4)24-14-23-6)17-11-12-18-19(22)8-7-13-21(17,18)5/h9-10,15-18H,7-8,11-14H2,1-6H3/b10-9+/t15?,16?,17-,18+,21-/m1/s1. The summed E-state index contributed by atoms with van der Waals surface area (Å²) in [4.78, 5) is 12.3. The number of methoxy groups -OCH3 is 1. The molecule has 2 aliphatic carbocycles. The minimum atomic E-state index is -0.241. The van der Waals surface area contributed by atoms with Crippen LogP contribution in [0.2, 0.25) is 0 Å². The molecule has 3 nitrogen and oxygen atoms in total. The molecule has 0 saturated heterocycles. The summed E-state index contributed by atoms with van der Waals surface area (Å²) < 4.78 is 10.8. The SMILES string of the molecule is COCOC(C)(C)C(C)/C=C/C(C)[C@H]1CC[C@H]2C(=O)CCC[C@]12C. The summed E-state index contributed by atoms with van der Waals surface area (Å²) in [6.45, 7) is 11.4. The van der Waals surface area contributed by atoms with Crippen LogP contribution in [-0.2, 0) is 14.3 Å². The van der Waals surface area contributed by atoms with Gasteiger partial charge in [0.15, 0.2) is 0 Å². The van der Waals surface area contributed by atoms with Crippen LogP contribution in [0.25, 0.3) is 0 Å². The average Bonchev–Trinajstić information content (AvgIpc) is 2.88. The third kappa shape index (κ3) is 3.94. The van der Waals surface area contributed by atoms with Gasteiger partial charge in [0, 0.05) is 25.4 Å². The van der Waals surface area contributed by atoms with Gasteiger partial charge in [-0.15, -0.1) is 0 Å². The first-order valence-corrected chi connectivity index (χ1v) is 9.56. The Morgan fingerprint density at radius 1 is 1.29 bits per heavy atom. The molecular weight excluding hydrogens is 300 g/mol. The molecule has 0 amide bonds. The van der Waals surface area contributed by atoms with E-state index in [9.17, 15) is 4.79 Å². The molecule has 138 valence electrons. The Morgan fingerprint density at radius 3 is 2.67 bits per heavy atom. The van der Waals surface area contributed by atoms with E-state index in [0.717, 1.165) is 19.3 Å². The molecule has 0 aromatic heterocycles. The van der Waals surface area contributed by atoms with Crippen LogP contribution in [-0.4, -0.2) is 25.3 Å². The highest BCUT2D eigenvalue weighted by Gasteiger charge is 2.51. The van der Waals surface area contributed by atoms with Gasteiger partial charge in [0.25, 0.3) is 0 Å². The molecule has 0 bridgehead atoms. The van der Waals surface area contributed by atoms with Gasteiger partial charge >= 0.3 is 0 Å². The van der Waals surface area contributed by atoms with Gasteiger partial charge < -0.3 is 9.47 Å². The van der Waals surface area contributed by atoms with E-state index >= 15 is 0 Å². The molecule has 2 unspecified atom stereocenters. The quantitative estimate of drug-likeness (QED) is 0.485. The zero-order valence-corrected chi connectivity index (χ0v) is 16.4. The molecule has 2 aliphatic rings. The van der Waals surface area contributed by atoms with Gasteiger partial charge in [0.05, 0.1) is 5.60 Å². The first-order valence-electron chi connectivity index (χ1n) is 9.56. The van der Waals surface area contributed by atoms with E-state index in [1.165, 1.54) is 12.8 Å². The Morgan fingerprint density at radius 2 is 2.00 bits per heavy atom. The maximum absolute atomic E-state index is 12.3. The molecule has 0 aliphatic heterocycles. The second-order valence-corrected chi connectivity index (χ2v) is 8.75. The number of carbonyl (C=O) groups is 1. The summed E-state index contributed by atoms with van der Waals surface area (Å²) >= 11 is 0. The molecule has 0 radical (unpaired) electrons. The average molecular weight is 337 g/mol. The molecule has 5 atom stereocenters. The Balaban J connectivity index is 2.01. The minimum absolute atomic E-state index is 0.213. The normalized spacial score (nSPS) is 33.7. The van der Waals surface area contributed by atoms with Crippen LogP contribution >= 0.6 is 0 Å². The molecule has 0 heterocycles. The molecule has 24 heavy (non-hydrogen) atoms. The van der Waals surface area contributed by atoms with Crippen molar-refractivity contribution in [2.45, 2.75) is 72.3 Å². The van der Waals surface area contributed by atoms with E-state index in [1.54, 1.807) is 7.11 Å². The van der Waals surface area contributed by atoms with E-state index in [2.05, 4.69) is 46.8 Å². The third-order valence-electron chi connectivity index (χ3n) is 6.92. The highest BCUT2D eigenvalue weighted by Crippen LogP contribution is 2.56. The largest absolute Gasteiger partial charge is 0.359 e. The fourth-order valence-corrected chi connectivity index (χ4v) is 4.88. The van der Waals surface area contributed by atoms with Crippen molar-refractivity contribution in [2.75, 3.05) is 13.9 Å². The van der Waals surface area contributed by atoms with Crippen LogP contribution in [0.3, 0.4) is 0 Å². The van der Waals surface area contributed by atoms with Crippen LogP contribution < -0.4 is 0 Å². The lowest BCUT2D eigenvalue weighted by molar-refractivity contribution is -0.129. The molecule has 0 aromatic carbocycles. The summed E-state index contributed by atoms with van der Waals surface area (Å²) in [5, 5.41) is 0.